The normalized spacial score (nSPS) is 23.1. The Hall–Kier alpha value is -7.22. The number of nitrogens with one attached hydrogen (secondary N) is 4. The molecule has 26 nitrogen and oxygen atoms in total. The number of likely N-dealkylation sites (N-methyl/N-ethyl adjacent to an activating group) is 6. The summed E-state index contributed by atoms with van der Waals surface area (Å²) in [5.41, 5.74) is 0.595. The van der Waals surface area contributed by atoms with Gasteiger partial charge in [-0.2, -0.15) is 0 Å². The van der Waals surface area contributed by atoms with Crippen molar-refractivity contribution in [2.45, 2.75) is 143 Å². The standard InChI is InChI=1S/C56H90N12O14/c1-14-15-26-68-49(74)39(34-82-28-27-69)57-46(71)41(30-36(4)5)64(11)54(79)60-55(80)66(13)44(70)33-61(8)51(76)45(52(77)67-24-20-17-21-25-67)58-47(72)42(31-37(6)7)63(10)53(78)59-48(73)40(29-35(2)3)62(9)50(75)43(65(12)56(68)81)32-38-22-18-16-19-23-38/h16,18-19,22-23,35-37,39-43,45,69H,14-15,17,20-21,24-34H2,1-13H3,(H,57,71)(H,58,72)(H,59,73,78)(H,60,79,80)/t39-,40-,41-,42-,43-,45-/m0/s1. The van der Waals surface area contributed by atoms with Crippen molar-refractivity contribution < 1.29 is 67.4 Å². The van der Waals surface area contributed by atoms with Crippen molar-refractivity contribution in [1.29, 1.82) is 0 Å². The van der Waals surface area contributed by atoms with E-state index in [9.17, 15) is 53.1 Å². The van der Waals surface area contributed by atoms with Gasteiger partial charge >= 0.3 is 24.1 Å². The number of amides is 16. The minimum absolute atomic E-state index is 0.00402. The number of likely N-dealkylation sites (tertiary alicyclic amines) is 1. The van der Waals surface area contributed by atoms with Crippen LogP contribution in [-0.4, -0.2) is 240 Å². The predicted molar refractivity (Wildman–Crippen MR) is 302 cm³/mol. The van der Waals surface area contributed by atoms with Gasteiger partial charge in [-0.3, -0.25) is 58.8 Å². The summed E-state index contributed by atoms with van der Waals surface area (Å²) >= 11 is 0. The molecule has 1 aromatic rings. The fraction of sp³-hybridized carbons (Fsp3) is 0.679. The maximum absolute atomic E-state index is 15.2. The molecule has 26 heteroatoms. The molecule has 6 atom stereocenters. The Morgan fingerprint density at radius 2 is 1.15 bits per heavy atom. The van der Waals surface area contributed by atoms with Gasteiger partial charge < -0.3 is 49.9 Å². The molecular weight excluding hydrogens is 1060 g/mol. The second kappa shape index (κ2) is 33.0. The third kappa shape index (κ3) is 19.8. The summed E-state index contributed by atoms with van der Waals surface area (Å²) in [6.45, 7) is 10.6. The summed E-state index contributed by atoms with van der Waals surface area (Å²) in [5.74, 6) is -8.24. The van der Waals surface area contributed by atoms with Crippen LogP contribution in [0.4, 0.5) is 19.2 Å². The predicted octanol–water partition coefficient (Wildman–Crippen LogP) is 1.83. The highest BCUT2D eigenvalue weighted by Gasteiger charge is 2.43. The number of ether oxygens (including phenoxy) is 1. The molecule has 3 rings (SSSR count). The molecule has 82 heavy (non-hydrogen) atoms. The Labute approximate surface area is 482 Å². The number of imide groups is 4. The van der Waals surface area contributed by atoms with Crippen molar-refractivity contribution in [2.24, 2.45) is 17.8 Å². The molecule has 0 aliphatic carbocycles. The van der Waals surface area contributed by atoms with Crippen molar-refractivity contribution in [3.8, 4) is 0 Å². The molecule has 0 saturated carbocycles. The van der Waals surface area contributed by atoms with E-state index in [1.165, 1.54) is 40.1 Å². The summed E-state index contributed by atoms with van der Waals surface area (Å²) in [4.78, 5) is 180. The third-order valence-corrected chi connectivity index (χ3v) is 14.4. The minimum Gasteiger partial charge on any atom is -0.394 e. The highest BCUT2D eigenvalue weighted by atomic mass is 16.5. The Bertz CT molecular complexity index is 2400. The third-order valence-electron chi connectivity index (χ3n) is 14.4. The molecule has 16 amide bonds. The van der Waals surface area contributed by atoms with Crippen LogP contribution in [0.1, 0.15) is 105 Å². The molecule has 2 saturated heterocycles. The molecule has 2 fully saturated rings. The van der Waals surface area contributed by atoms with Gasteiger partial charge in [-0.15, -0.1) is 0 Å². The van der Waals surface area contributed by atoms with Crippen molar-refractivity contribution in [3.63, 3.8) is 0 Å². The lowest BCUT2D eigenvalue weighted by molar-refractivity contribution is -0.149. The van der Waals surface area contributed by atoms with E-state index in [-0.39, 0.29) is 76.1 Å². The van der Waals surface area contributed by atoms with E-state index in [2.05, 4.69) is 21.3 Å². The lowest BCUT2D eigenvalue weighted by Crippen LogP contribution is -2.62. The molecule has 458 valence electrons. The van der Waals surface area contributed by atoms with Gasteiger partial charge in [-0.25, -0.2) is 19.2 Å². The number of nitrogens with zero attached hydrogens (tertiary/aromatic N) is 8. The zero-order valence-corrected chi connectivity index (χ0v) is 50.2. The van der Waals surface area contributed by atoms with Gasteiger partial charge in [-0.1, -0.05) is 85.2 Å². The van der Waals surface area contributed by atoms with E-state index in [0.29, 0.717) is 29.7 Å². The second-order valence-corrected chi connectivity index (χ2v) is 22.4. The average Bonchev–Trinajstić information content (AvgIpc) is 3.46. The van der Waals surface area contributed by atoms with Crippen LogP contribution in [0.5, 0.6) is 0 Å². The van der Waals surface area contributed by atoms with Gasteiger partial charge in [0.05, 0.1) is 26.4 Å². The Balaban J connectivity index is 2.32. The molecule has 2 aliphatic heterocycles. The quantitative estimate of drug-likeness (QED) is 0.117. The van der Waals surface area contributed by atoms with E-state index < -0.39 is 127 Å². The van der Waals surface area contributed by atoms with Gasteiger partial charge in [0.1, 0.15) is 30.2 Å². The van der Waals surface area contributed by atoms with Crippen LogP contribution in [0.25, 0.3) is 0 Å². The number of carbonyl (C=O) groups is 12. The first-order valence-corrected chi connectivity index (χ1v) is 28.2. The SMILES string of the molecule is CCCCN1C(=O)[C@H](COCCO)NC(=O)[C@H](CC(C)C)N(C)C(=O)NC(=O)N(C)C(=O)CN(C)C(=O)[C@@H](C(=O)N2CCCCC2)NC(=O)[C@H](CC(C)C)N(C)C(=O)NC(=O)[C@H](CC(C)C)N(C)C(=O)[C@H](Cc2ccccc2)N(C)C1=O. The van der Waals surface area contributed by atoms with Gasteiger partial charge in [0.2, 0.25) is 23.6 Å². The molecule has 0 spiro atoms. The number of urea groups is 4. The number of hydrogen-bond donors (Lipinski definition) is 5. The highest BCUT2D eigenvalue weighted by Crippen LogP contribution is 2.21. The van der Waals surface area contributed by atoms with E-state index in [4.69, 9.17) is 4.74 Å². The molecule has 2 heterocycles. The molecule has 0 unspecified atom stereocenters. The first kappa shape index (κ1) is 69.1. The van der Waals surface area contributed by atoms with Crippen LogP contribution in [0.15, 0.2) is 30.3 Å². The topological polar surface area (TPSA) is 308 Å². The number of hydrogen-bond acceptors (Lipinski definition) is 14. The first-order chi connectivity index (χ1) is 38.6. The fourth-order valence-electron chi connectivity index (χ4n) is 9.42. The zero-order chi connectivity index (χ0) is 61.7. The smallest absolute Gasteiger partial charge is 0.331 e. The molecule has 1 aromatic carbocycles. The van der Waals surface area contributed by atoms with Crippen LogP contribution in [0.2, 0.25) is 0 Å². The number of carbonyl (C=O) groups excluding carboxylic acids is 12. The maximum atomic E-state index is 15.2. The Morgan fingerprint density at radius 1 is 0.622 bits per heavy atom. The second-order valence-electron chi connectivity index (χ2n) is 22.4. The molecule has 0 bridgehead atoms. The highest BCUT2D eigenvalue weighted by molar-refractivity contribution is 6.09. The van der Waals surface area contributed by atoms with Crippen LogP contribution < -0.4 is 21.3 Å². The van der Waals surface area contributed by atoms with E-state index in [0.717, 1.165) is 42.9 Å². The minimum atomic E-state index is -1.93. The number of aliphatic hydroxyl groups excluding tert-OH is 1. The number of aliphatic hydroxyl groups is 1. The van der Waals surface area contributed by atoms with Crippen molar-refractivity contribution in [1.82, 2.24) is 60.5 Å². The summed E-state index contributed by atoms with van der Waals surface area (Å²) in [6.07, 6.45) is 2.60. The van der Waals surface area contributed by atoms with E-state index in [1.807, 2.05) is 6.92 Å². The summed E-state index contributed by atoms with van der Waals surface area (Å²) in [5, 5.41) is 19.2. The summed E-state index contributed by atoms with van der Waals surface area (Å²) < 4.78 is 5.58. The molecule has 2 aliphatic rings. The van der Waals surface area contributed by atoms with Gasteiger partial charge in [0.15, 0.2) is 6.04 Å². The van der Waals surface area contributed by atoms with E-state index in [1.54, 1.807) is 71.9 Å². The number of rotatable bonds is 16. The van der Waals surface area contributed by atoms with Crippen LogP contribution in [0.3, 0.4) is 0 Å². The maximum Gasteiger partial charge on any atom is 0.331 e. The zero-order valence-electron chi connectivity index (χ0n) is 50.2. The van der Waals surface area contributed by atoms with Crippen LogP contribution in [0, 0.1) is 17.8 Å². The first-order valence-electron chi connectivity index (χ1n) is 28.2. The summed E-state index contributed by atoms with van der Waals surface area (Å²) in [7, 11) is 7.32. The fourth-order valence-corrected chi connectivity index (χ4v) is 9.42. The Kier molecular flexibility index (Phi) is 27.8. The largest absolute Gasteiger partial charge is 0.394 e. The number of piperidine rings is 1. The van der Waals surface area contributed by atoms with Gasteiger partial charge in [0, 0.05) is 68.3 Å². The van der Waals surface area contributed by atoms with Crippen LogP contribution in [-0.2, 0) is 49.5 Å². The van der Waals surface area contributed by atoms with Crippen molar-refractivity contribution >= 4 is 71.4 Å². The Morgan fingerprint density at radius 3 is 1.67 bits per heavy atom. The van der Waals surface area contributed by atoms with Gasteiger partial charge in [-0.05, 0) is 68.3 Å². The lowest BCUT2D eigenvalue weighted by atomic mass is 9.99. The molecule has 5 N–H and O–H groups in total. The number of benzene rings is 1. The van der Waals surface area contributed by atoms with Crippen molar-refractivity contribution in [3.05, 3.63) is 35.9 Å². The number of unbranched alkanes of at least 4 members (excludes halogenated alkanes) is 1. The van der Waals surface area contributed by atoms with E-state index >= 15 is 9.59 Å². The average molecular weight is 1160 g/mol. The molecule has 0 aromatic heterocycles. The monoisotopic (exact) mass is 1150 g/mol. The summed E-state index contributed by atoms with van der Waals surface area (Å²) in [6, 6.07) is -4.94. The molecule has 0 radical (unpaired) electrons. The van der Waals surface area contributed by atoms with Crippen LogP contribution >= 0.6 is 0 Å². The lowest BCUT2D eigenvalue weighted by Gasteiger charge is -2.37. The van der Waals surface area contributed by atoms with Gasteiger partial charge in [0.25, 0.3) is 23.6 Å². The molecular formula is C56H90N12O14. The van der Waals surface area contributed by atoms with Crippen molar-refractivity contribution in [2.75, 3.05) is 88.3 Å².